The topological polar surface area (TPSA) is 0 Å². The predicted octanol–water partition coefficient (Wildman–Crippen LogP) is 2.56. The van der Waals surface area contributed by atoms with Crippen molar-refractivity contribution in [2.24, 2.45) is 0 Å². The molecule has 0 saturated heterocycles. The number of hydrogen-bond donors (Lipinski definition) is 0. The Morgan fingerprint density at radius 3 is 2.00 bits per heavy atom. The van der Waals surface area contributed by atoms with E-state index in [2.05, 4.69) is 26.1 Å². The fraction of sp³-hybridized carbons (Fsp3) is 1.00. The molecule has 0 nitrogen and oxygen atoms in total. The molecule has 0 N–H and O–H groups in total. The molecule has 0 amide bonds. The average Bonchev–Trinajstić information content (AvgIpc) is 1.61. The maximum atomic E-state index is 3.13. The SMILES string of the molecule is CCCC[CH2][Pd].Cl. The number of rotatable bonds is 3. The van der Waals surface area contributed by atoms with Gasteiger partial charge in [-0.15, -0.1) is 12.4 Å². The first-order chi connectivity index (χ1) is 2.91. The van der Waals surface area contributed by atoms with Gasteiger partial charge in [0.1, 0.15) is 0 Å². The van der Waals surface area contributed by atoms with Gasteiger partial charge in [0.05, 0.1) is 0 Å². The van der Waals surface area contributed by atoms with E-state index in [1.165, 1.54) is 24.2 Å². The van der Waals surface area contributed by atoms with Crippen LogP contribution >= 0.6 is 12.4 Å². The van der Waals surface area contributed by atoms with Crippen LogP contribution in [0.5, 0.6) is 0 Å². The second-order valence-corrected chi connectivity index (χ2v) is 2.14. The van der Waals surface area contributed by atoms with Crippen LogP contribution in [0.3, 0.4) is 0 Å². The fourth-order valence-electron chi connectivity index (χ4n) is 0.329. The molecule has 0 heterocycles. The summed E-state index contributed by atoms with van der Waals surface area (Å²) in [6, 6.07) is 0. The molecule has 0 bridgehead atoms. The monoisotopic (exact) mass is 213 g/mol. The van der Waals surface area contributed by atoms with Crippen molar-refractivity contribution >= 4 is 12.4 Å². The summed E-state index contributed by atoms with van der Waals surface area (Å²) in [5, 5.41) is 0. The van der Waals surface area contributed by atoms with Crippen LogP contribution in [0.2, 0.25) is 4.89 Å². The maximum Gasteiger partial charge on any atom is -0.147 e. The Hall–Kier alpha value is 0.952. The minimum atomic E-state index is 0. The quantitative estimate of drug-likeness (QED) is 0.500. The second kappa shape index (κ2) is 10.0. The molecule has 0 aliphatic carbocycles. The Morgan fingerprint density at radius 2 is 1.86 bits per heavy atom. The molecule has 0 unspecified atom stereocenters. The van der Waals surface area contributed by atoms with E-state index in [1.807, 2.05) is 0 Å². The van der Waals surface area contributed by atoms with Gasteiger partial charge in [-0.3, -0.25) is 0 Å². The molecule has 0 aromatic carbocycles. The van der Waals surface area contributed by atoms with E-state index < -0.39 is 0 Å². The number of unbranched alkanes of at least 4 members (excludes halogenated alkanes) is 2. The van der Waals surface area contributed by atoms with Crippen molar-refractivity contribution in [3.8, 4) is 0 Å². The number of halogens is 1. The molecule has 0 spiro atoms. The van der Waals surface area contributed by atoms with Gasteiger partial charge in [-0.1, -0.05) is 0 Å². The maximum absolute atomic E-state index is 3.13. The third-order valence-electron chi connectivity index (χ3n) is 0.715. The normalized spacial score (nSPS) is 7.86. The standard InChI is InChI=1S/C5H11.ClH.Pd/c1-3-5-4-2;;/h1,3-5H2,2H3;1H;. The van der Waals surface area contributed by atoms with E-state index >= 15 is 0 Å². The Kier molecular flexibility index (Phi) is 15.6. The summed E-state index contributed by atoms with van der Waals surface area (Å²) >= 11 is 3.13. The van der Waals surface area contributed by atoms with Crippen LogP contribution in [0, 0.1) is 0 Å². The smallest absolute Gasteiger partial charge is 0.147 e. The summed E-state index contributed by atoms with van der Waals surface area (Å²) in [6.45, 7) is 2.22. The average molecular weight is 214 g/mol. The van der Waals surface area contributed by atoms with Crippen LogP contribution in [0.1, 0.15) is 26.2 Å². The Bertz CT molecular complexity index is 20.0. The van der Waals surface area contributed by atoms with E-state index in [1.54, 1.807) is 0 Å². The molecule has 0 rings (SSSR count). The van der Waals surface area contributed by atoms with Crippen molar-refractivity contribution in [3.05, 3.63) is 0 Å². The van der Waals surface area contributed by atoms with Crippen LogP contribution in [0.15, 0.2) is 0 Å². The van der Waals surface area contributed by atoms with Crippen LogP contribution in [-0.4, -0.2) is 0 Å². The van der Waals surface area contributed by atoms with Gasteiger partial charge < -0.3 is 0 Å². The third kappa shape index (κ3) is 10.9. The molecule has 2 heteroatoms. The second-order valence-electron chi connectivity index (χ2n) is 1.37. The fourth-order valence-corrected chi connectivity index (χ4v) is 0.718. The van der Waals surface area contributed by atoms with Crippen molar-refractivity contribution < 1.29 is 19.2 Å². The van der Waals surface area contributed by atoms with Crippen LogP contribution in [-0.2, 0) is 19.2 Å². The molecule has 49 valence electrons. The summed E-state index contributed by atoms with van der Waals surface area (Å²) in [6.07, 6.45) is 4.05. The zero-order valence-corrected chi connectivity index (χ0v) is 6.92. The zero-order valence-electron chi connectivity index (χ0n) is 4.55. The molecule has 0 atom stereocenters. The van der Waals surface area contributed by atoms with Crippen LogP contribution in [0.4, 0.5) is 0 Å². The molecule has 0 aliphatic heterocycles. The molecule has 0 aromatic heterocycles. The minimum Gasteiger partial charge on any atom is -0.147 e. The summed E-state index contributed by atoms with van der Waals surface area (Å²) in [5.74, 6) is 0. The largest absolute Gasteiger partial charge is 0.147 e. The van der Waals surface area contributed by atoms with Crippen LogP contribution in [0.25, 0.3) is 0 Å². The van der Waals surface area contributed by atoms with Gasteiger partial charge in [0, 0.05) is 0 Å². The Labute approximate surface area is 62.9 Å². The molecule has 0 radical (unpaired) electrons. The summed E-state index contributed by atoms with van der Waals surface area (Å²) < 4.78 is 0. The van der Waals surface area contributed by atoms with Gasteiger partial charge in [-0.2, -0.15) is 0 Å². The Morgan fingerprint density at radius 1 is 1.29 bits per heavy atom. The summed E-state index contributed by atoms with van der Waals surface area (Å²) in [4.78, 5) is 1.20. The van der Waals surface area contributed by atoms with E-state index in [0.29, 0.717) is 0 Å². The molecule has 0 aliphatic rings. The summed E-state index contributed by atoms with van der Waals surface area (Å²) in [5.41, 5.74) is 0. The van der Waals surface area contributed by atoms with Crippen molar-refractivity contribution in [1.82, 2.24) is 0 Å². The van der Waals surface area contributed by atoms with E-state index in [4.69, 9.17) is 0 Å². The molecular formula is C5H12ClPd. The van der Waals surface area contributed by atoms with Gasteiger partial charge in [0.2, 0.25) is 0 Å². The first kappa shape index (κ1) is 10.8. The molecule has 0 saturated carbocycles. The first-order valence-corrected chi connectivity index (χ1v) is 3.53. The summed E-state index contributed by atoms with van der Waals surface area (Å²) in [7, 11) is 0. The molecule has 7 heavy (non-hydrogen) atoms. The van der Waals surface area contributed by atoms with E-state index in [-0.39, 0.29) is 12.4 Å². The minimum absolute atomic E-state index is 0. The van der Waals surface area contributed by atoms with Gasteiger partial charge in [-0.25, -0.2) is 0 Å². The third-order valence-corrected chi connectivity index (χ3v) is 1.26. The van der Waals surface area contributed by atoms with Crippen molar-refractivity contribution in [2.45, 2.75) is 31.1 Å². The Balaban J connectivity index is 0. The van der Waals surface area contributed by atoms with Crippen LogP contribution < -0.4 is 0 Å². The predicted molar refractivity (Wildman–Crippen MR) is 31.6 cm³/mol. The van der Waals surface area contributed by atoms with E-state index in [9.17, 15) is 0 Å². The van der Waals surface area contributed by atoms with Crippen molar-refractivity contribution in [3.63, 3.8) is 0 Å². The van der Waals surface area contributed by atoms with Gasteiger partial charge in [0.25, 0.3) is 0 Å². The van der Waals surface area contributed by atoms with Crippen molar-refractivity contribution in [2.75, 3.05) is 0 Å². The van der Waals surface area contributed by atoms with Gasteiger partial charge in [0.15, 0.2) is 0 Å². The molecular weight excluding hydrogens is 202 g/mol. The molecule has 0 aromatic rings. The molecule has 0 fully saturated rings. The first-order valence-electron chi connectivity index (χ1n) is 2.43. The number of hydrogen-bond acceptors (Lipinski definition) is 0. The van der Waals surface area contributed by atoms with Gasteiger partial charge in [-0.05, 0) is 0 Å². The zero-order chi connectivity index (χ0) is 4.83. The van der Waals surface area contributed by atoms with E-state index in [0.717, 1.165) is 0 Å². The van der Waals surface area contributed by atoms with Gasteiger partial charge >= 0.3 is 50.3 Å². The van der Waals surface area contributed by atoms with Crippen molar-refractivity contribution in [1.29, 1.82) is 0 Å².